The third-order valence-corrected chi connectivity index (χ3v) is 7.66. The lowest BCUT2D eigenvalue weighted by atomic mass is 10.1. The van der Waals surface area contributed by atoms with E-state index in [1.807, 2.05) is 12.1 Å². The van der Waals surface area contributed by atoms with Gasteiger partial charge in [0.2, 0.25) is 0 Å². The lowest BCUT2D eigenvalue weighted by Crippen LogP contribution is -2.15. The van der Waals surface area contributed by atoms with E-state index >= 15 is 0 Å². The SMILES string of the molecule is CCCCCCCCCCCCCCOCCOP(O)OCC1CCC(c2ccc3c(N)ncnn23)O1. The molecule has 0 spiro atoms. The van der Waals surface area contributed by atoms with Crippen LogP contribution in [0.25, 0.3) is 5.52 Å². The molecule has 37 heavy (non-hydrogen) atoms. The van der Waals surface area contributed by atoms with Crippen molar-refractivity contribution in [2.45, 2.75) is 109 Å². The lowest BCUT2D eigenvalue weighted by Gasteiger charge is -2.16. The fourth-order valence-corrected chi connectivity index (χ4v) is 5.37. The van der Waals surface area contributed by atoms with Gasteiger partial charge in [-0.25, -0.2) is 9.50 Å². The zero-order chi connectivity index (χ0) is 26.1. The van der Waals surface area contributed by atoms with E-state index in [1.54, 1.807) is 4.52 Å². The Bertz CT molecular complexity index is 870. The second-order valence-electron chi connectivity index (χ2n) is 9.89. The first kappa shape index (κ1) is 30.2. The summed E-state index contributed by atoms with van der Waals surface area (Å²) in [7, 11) is -1.93. The van der Waals surface area contributed by atoms with E-state index in [9.17, 15) is 4.89 Å². The molecule has 3 N–H and O–H groups in total. The predicted octanol–water partition coefficient (Wildman–Crippen LogP) is 6.50. The van der Waals surface area contributed by atoms with Crippen molar-refractivity contribution >= 4 is 19.9 Å². The van der Waals surface area contributed by atoms with Gasteiger partial charge in [-0.1, -0.05) is 77.6 Å². The van der Waals surface area contributed by atoms with Gasteiger partial charge in [-0.3, -0.25) is 0 Å². The Morgan fingerprint density at radius 1 is 0.946 bits per heavy atom. The zero-order valence-electron chi connectivity index (χ0n) is 22.6. The molecule has 0 bridgehead atoms. The average Bonchev–Trinajstić information content (AvgIpc) is 3.55. The Balaban J connectivity index is 1.12. The summed E-state index contributed by atoms with van der Waals surface area (Å²) in [5.74, 6) is 0.445. The Morgan fingerprint density at radius 2 is 1.65 bits per heavy atom. The zero-order valence-corrected chi connectivity index (χ0v) is 23.5. The number of ether oxygens (including phenoxy) is 2. The highest BCUT2D eigenvalue weighted by molar-refractivity contribution is 7.40. The Morgan fingerprint density at radius 3 is 2.38 bits per heavy atom. The Hall–Kier alpha value is -1.35. The highest BCUT2D eigenvalue weighted by Crippen LogP contribution is 2.37. The number of rotatable bonds is 21. The van der Waals surface area contributed by atoms with Crippen LogP contribution in [0.2, 0.25) is 0 Å². The van der Waals surface area contributed by atoms with Gasteiger partial charge in [0.05, 0.1) is 31.6 Å². The molecule has 1 saturated heterocycles. The van der Waals surface area contributed by atoms with Gasteiger partial charge in [0, 0.05) is 6.61 Å². The van der Waals surface area contributed by atoms with Gasteiger partial charge in [0.25, 0.3) is 0 Å². The van der Waals surface area contributed by atoms with Crippen molar-refractivity contribution in [3.05, 3.63) is 24.2 Å². The molecule has 2 aromatic rings. The van der Waals surface area contributed by atoms with Crippen molar-refractivity contribution in [2.24, 2.45) is 0 Å². The summed E-state index contributed by atoms with van der Waals surface area (Å²) in [5.41, 5.74) is 7.63. The van der Waals surface area contributed by atoms with Crippen molar-refractivity contribution in [3.63, 3.8) is 0 Å². The molecule has 210 valence electrons. The highest BCUT2D eigenvalue weighted by atomic mass is 31.2. The molecule has 0 aliphatic carbocycles. The maximum absolute atomic E-state index is 10.0. The molecule has 0 saturated carbocycles. The van der Waals surface area contributed by atoms with E-state index < -0.39 is 8.60 Å². The molecule has 1 aliphatic rings. The third-order valence-electron chi connectivity index (χ3n) is 6.89. The number of unbranched alkanes of at least 4 members (excludes halogenated alkanes) is 11. The Labute approximate surface area is 223 Å². The Kier molecular flexibility index (Phi) is 14.7. The first-order chi connectivity index (χ1) is 18.2. The fourth-order valence-electron chi connectivity index (χ4n) is 4.77. The molecule has 0 radical (unpaired) electrons. The standard InChI is InChI=1S/C27H47N4O5P/c1-2-3-4-5-6-7-8-9-10-11-12-13-18-33-19-20-34-37(32)35-21-23-14-17-26(36-23)24-15-16-25-27(28)29-22-30-31(24)25/h15-16,22-23,26,32H,2-14,17-21H2,1H3,(H2,28,29,30). The number of nitrogen functional groups attached to an aromatic ring is 1. The number of fused-ring (bicyclic) bond motifs is 1. The third kappa shape index (κ3) is 11.1. The molecule has 0 amide bonds. The number of hydrogen-bond donors (Lipinski definition) is 2. The molecule has 3 unspecified atom stereocenters. The highest BCUT2D eigenvalue weighted by Gasteiger charge is 2.30. The van der Waals surface area contributed by atoms with Gasteiger partial charge >= 0.3 is 8.60 Å². The monoisotopic (exact) mass is 538 g/mol. The van der Waals surface area contributed by atoms with Crippen molar-refractivity contribution in [1.82, 2.24) is 14.6 Å². The van der Waals surface area contributed by atoms with Crippen LogP contribution in [0.1, 0.15) is 109 Å². The van der Waals surface area contributed by atoms with E-state index in [2.05, 4.69) is 17.0 Å². The molecule has 10 heteroatoms. The van der Waals surface area contributed by atoms with Crippen LogP contribution in [0, 0.1) is 0 Å². The summed E-state index contributed by atoms with van der Waals surface area (Å²) < 4.78 is 24.4. The molecular formula is C27H47N4O5P. The minimum Gasteiger partial charge on any atom is -0.382 e. The maximum Gasteiger partial charge on any atom is 0.330 e. The second-order valence-corrected chi connectivity index (χ2v) is 10.9. The van der Waals surface area contributed by atoms with E-state index in [4.69, 9.17) is 24.3 Å². The first-order valence-electron chi connectivity index (χ1n) is 14.2. The number of nitrogens with zero attached hydrogens (tertiary/aromatic N) is 3. The second kappa shape index (κ2) is 18.0. The quantitative estimate of drug-likeness (QED) is 0.137. The van der Waals surface area contributed by atoms with Crippen LogP contribution in [-0.4, -0.2) is 52.0 Å². The van der Waals surface area contributed by atoms with Crippen LogP contribution in [0.15, 0.2) is 18.5 Å². The summed E-state index contributed by atoms with van der Waals surface area (Å²) in [5, 5.41) is 4.28. The van der Waals surface area contributed by atoms with Gasteiger partial charge in [0.15, 0.2) is 5.82 Å². The van der Waals surface area contributed by atoms with Crippen LogP contribution in [0.4, 0.5) is 5.82 Å². The number of anilines is 1. The van der Waals surface area contributed by atoms with Crippen molar-refractivity contribution in [3.8, 4) is 0 Å². The molecule has 1 aliphatic heterocycles. The minimum absolute atomic E-state index is 0.0926. The summed E-state index contributed by atoms with van der Waals surface area (Å²) in [6.45, 7) is 4.09. The maximum atomic E-state index is 10.0. The predicted molar refractivity (Wildman–Crippen MR) is 147 cm³/mol. The lowest BCUT2D eigenvalue weighted by molar-refractivity contribution is 0.00877. The van der Waals surface area contributed by atoms with Crippen LogP contribution in [0.5, 0.6) is 0 Å². The van der Waals surface area contributed by atoms with E-state index in [0.717, 1.165) is 37.1 Å². The normalized spacial score (nSPS) is 18.6. The first-order valence-corrected chi connectivity index (χ1v) is 15.4. The number of hydrogen-bond acceptors (Lipinski definition) is 8. The molecule has 0 aromatic carbocycles. The van der Waals surface area contributed by atoms with E-state index in [0.29, 0.717) is 25.6 Å². The topological polar surface area (TPSA) is 113 Å². The van der Waals surface area contributed by atoms with Crippen LogP contribution < -0.4 is 5.73 Å². The molecule has 3 atom stereocenters. The fraction of sp³-hybridized carbons (Fsp3) is 0.778. The van der Waals surface area contributed by atoms with Crippen LogP contribution >= 0.6 is 8.60 Å². The molecular weight excluding hydrogens is 491 g/mol. The van der Waals surface area contributed by atoms with Gasteiger partial charge < -0.3 is 29.1 Å². The van der Waals surface area contributed by atoms with Gasteiger partial charge in [-0.15, -0.1) is 0 Å². The molecule has 2 aromatic heterocycles. The van der Waals surface area contributed by atoms with Crippen LogP contribution in [-0.2, 0) is 18.5 Å². The smallest absolute Gasteiger partial charge is 0.330 e. The largest absolute Gasteiger partial charge is 0.382 e. The van der Waals surface area contributed by atoms with Crippen molar-refractivity contribution in [2.75, 3.05) is 32.2 Å². The summed E-state index contributed by atoms with van der Waals surface area (Å²) in [6.07, 6.45) is 18.9. The number of nitrogens with two attached hydrogens (primary N) is 1. The van der Waals surface area contributed by atoms with Crippen molar-refractivity contribution in [1.29, 1.82) is 0 Å². The molecule has 1 fully saturated rings. The molecule has 9 nitrogen and oxygen atoms in total. The average molecular weight is 539 g/mol. The minimum atomic E-state index is -1.93. The summed E-state index contributed by atoms with van der Waals surface area (Å²) in [6, 6.07) is 3.87. The van der Waals surface area contributed by atoms with Crippen LogP contribution in [0.3, 0.4) is 0 Å². The summed E-state index contributed by atoms with van der Waals surface area (Å²) >= 11 is 0. The van der Waals surface area contributed by atoms with Gasteiger partial charge in [-0.2, -0.15) is 5.10 Å². The van der Waals surface area contributed by atoms with Gasteiger partial charge in [0.1, 0.15) is 17.9 Å². The van der Waals surface area contributed by atoms with Gasteiger partial charge in [-0.05, 0) is 31.4 Å². The van der Waals surface area contributed by atoms with E-state index in [-0.39, 0.29) is 12.2 Å². The number of aromatic nitrogens is 3. The molecule has 3 heterocycles. The summed E-state index contributed by atoms with van der Waals surface area (Å²) in [4.78, 5) is 14.0. The van der Waals surface area contributed by atoms with E-state index in [1.165, 1.54) is 77.0 Å². The molecule has 3 rings (SSSR count). The van der Waals surface area contributed by atoms with Crippen molar-refractivity contribution < 1.29 is 23.4 Å².